The van der Waals surface area contributed by atoms with Gasteiger partial charge in [0.15, 0.2) is 0 Å². The van der Waals surface area contributed by atoms with E-state index in [4.69, 9.17) is 5.11 Å². The number of rotatable bonds is 10. The summed E-state index contributed by atoms with van der Waals surface area (Å²) >= 11 is 0. The lowest BCUT2D eigenvalue weighted by atomic mass is 10.1. The maximum absolute atomic E-state index is 11.0. The summed E-state index contributed by atoms with van der Waals surface area (Å²) in [7, 11) is 0. The highest BCUT2D eigenvalue weighted by Gasteiger charge is 2.14. The molecule has 0 saturated heterocycles. The van der Waals surface area contributed by atoms with Crippen LogP contribution in [0.25, 0.3) is 0 Å². The number of aliphatic hydroxyl groups is 1. The van der Waals surface area contributed by atoms with Crippen LogP contribution in [0.4, 0.5) is 11.4 Å². The third-order valence-corrected chi connectivity index (χ3v) is 3.31. The van der Waals surface area contributed by atoms with Gasteiger partial charge in [-0.1, -0.05) is 19.9 Å². The van der Waals surface area contributed by atoms with Crippen LogP contribution in [-0.4, -0.2) is 41.2 Å². The normalized spacial score (nSPS) is 10.9. The van der Waals surface area contributed by atoms with Crippen molar-refractivity contribution in [3.63, 3.8) is 0 Å². The number of nitro groups is 1. The first-order valence-corrected chi connectivity index (χ1v) is 7.46. The Kier molecular flexibility index (Phi) is 7.71. The summed E-state index contributed by atoms with van der Waals surface area (Å²) < 4.78 is 0. The highest BCUT2D eigenvalue weighted by Crippen LogP contribution is 2.26. The van der Waals surface area contributed by atoms with Crippen molar-refractivity contribution in [2.24, 2.45) is 0 Å². The van der Waals surface area contributed by atoms with Crippen LogP contribution in [0.3, 0.4) is 0 Å². The van der Waals surface area contributed by atoms with Gasteiger partial charge in [0.25, 0.3) is 5.69 Å². The predicted octanol–water partition coefficient (Wildman–Crippen LogP) is 2.62. The highest BCUT2D eigenvalue weighted by molar-refractivity contribution is 5.62. The van der Waals surface area contributed by atoms with Gasteiger partial charge in [-0.2, -0.15) is 0 Å². The quantitative estimate of drug-likeness (QED) is 0.512. The molecule has 0 amide bonds. The summed E-state index contributed by atoms with van der Waals surface area (Å²) in [4.78, 5) is 12.9. The van der Waals surface area contributed by atoms with Crippen LogP contribution < -0.4 is 5.32 Å². The molecule has 6 heteroatoms. The second kappa shape index (κ2) is 9.31. The minimum Gasteiger partial charge on any atom is -0.396 e. The number of nitrogens with zero attached hydrogens (tertiary/aromatic N) is 2. The number of hydrogen-bond acceptors (Lipinski definition) is 5. The van der Waals surface area contributed by atoms with E-state index in [1.54, 1.807) is 12.1 Å². The van der Waals surface area contributed by atoms with E-state index in [2.05, 4.69) is 17.1 Å². The summed E-state index contributed by atoms with van der Waals surface area (Å²) in [5, 5.41) is 23.1. The molecule has 0 atom stereocenters. The molecule has 2 N–H and O–H groups in total. The van der Waals surface area contributed by atoms with Crippen molar-refractivity contribution >= 4 is 11.4 Å². The Morgan fingerprint density at radius 2 is 2.14 bits per heavy atom. The molecular weight excluding hydrogens is 270 g/mol. The average Bonchev–Trinajstić information content (AvgIpc) is 2.49. The van der Waals surface area contributed by atoms with Crippen LogP contribution in [0, 0.1) is 10.1 Å². The summed E-state index contributed by atoms with van der Waals surface area (Å²) in [5.74, 6) is 0. The van der Waals surface area contributed by atoms with Crippen LogP contribution in [0.1, 0.15) is 32.3 Å². The lowest BCUT2D eigenvalue weighted by Gasteiger charge is -2.20. The molecular formula is C15H25N3O3. The molecule has 0 aliphatic rings. The Bertz CT molecular complexity index is 452. The predicted molar refractivity (Wildman–Crippen MR) is 84.5 cm³/mol. The fourth-order valence-corrected chi connectivity index (χ4v) is 2.14. The van der Waals surface area contributed by atoms with E-state index in [1.165, 1.54) is 0 Å². The van der Waals surface area contributed by atoms with Crippen molar-refractivity contribution < 1.29 is 10.0 Å². The molecule has 0 bridgehead atoms. The number of anilines is 1. The molecule has 0 aromatic heterocycles. The van der Waals surface area contributed by atoms with Crippen molar-refractivity contribution in [2.45, 2.75) is 33.2 Å². The zero-order valence-corrected chi connectivity index (χ0v) is 12.8. The van der Waals surface area contributed by atoms with Gasteiger partial charge < -0.3 is 10.4 Å². The minimum absolute atomic E-state index is 0.116. The Labute approximate surface area is 125 Å². The van der Waals surface area contributed by atoms with Crippen LogP contribution in [0.15, 0.2) is 18.2 Å². The van der Waals surface area contributed by atoms with E-state index in [0.717, 1.165) is 38.0 Å². The molecule has 0 aliphatic heterocycles. The summed E-state index contributed by atoms with van der Waals surface area (Å²) in [6.45, 7) is 7.42. The molecule has 6 nitrogen and oxygen atoms in total. The zero-order valence-electron chi connectivity index (χ0n) is 12.8. The lowest BCUT2D eigenvalue weighted by Crippen LogP contribution is -2.24. The minimum atomic E-state index is -0.356. The first kappa shape index (κ1) is 17.4. The van der Waals surface area contributed by atoms with Gasteiger partial charge in [-0.15, -0.1) is 0 Å². The van der Waals surface area contributed by atoms with Crippen molar-refractivity contribution in [3.8, 4) is 0 Å². The SMILES string of the molecule is CCCNc1cc(CN(CC)CCCO)ccc1[N+](=O)[O-]. The average molecular weight is 295 g/mol. The Morgan fingerprint density at radius 1 is 1.38 bits per heavy atom. The largest absolute Gasteiger partial charge is 0.396 e. The van der Waals surface area contributed by atoms with Crippen LogP contribution in [0.2, 0.25) is 0 Å². The van der Waals surface area contributed by atoms with Gasteiger partial charge >= 0.3 is 0 Å². The Morgan fingerprint density at radius 3 is 2.71 bits per heavy atom. The molecule has 1 aromatic carbocycles. The number of benzene rings is 1. The van der Waals surface area contributed by atoms with Crippen molar-refractivity contribution in [1.29, 1.82) is 0 Å². The van der Waals surface area contributed by atoms with Crippen molar-refractivity contribution in [2.75, 3.05) is 31.6 Å². The maximum Gasteiger partial charge on any atom is 0.292 e. The van der Waals surface area contributed by atoms with Gasteiger partial charge in [0.2, 0.25) is 0 Å². The molecule has 118 valence electrons. The summed E-state index contributed by atoms with van der Waals surface area (Å²) in [6, 6.07) is 5.22. The number of nitro benzene ring substituents is 1. The topological polar surface area (TPSA) is 78.6 Å². The molecule has 1 rings (SSSR count). The Hall–Kier alpha value is -1.66. The lowest BCUT2D eigenvalue weighted by molar-refractivity contribution is -0.384. The molecule has 0 fully saturated rings. The van der Waals surface area contributed by atoms with Crippen molar-refractivity contribution in [3.05, 3.63) is 33.9 Å². The van der Waals surface area contributed by atoms with Gasteiger partial charge in [0, 0.05) is 32.3 Å². The van der Waals surface area contributed by atoms with Crippen LogP contribution in [0.5, 0.6) is 0 Å². The molecule has 0 spiro atoms. The van der Waals surface area contributed by atoms with E-state index in [0.29, 0.717) is 12.2 Å². The van der Waals surface area contributed by atoms with E-state index < -0.39 is 0 Å². The third-order valence-electron chi connectivity index (χ3n) is 3.31. The number of aliphatic hydroxyl groups excluding tert-OH is 1. The van der Waals surface area contributed by atoms with Gasteiger partial charge in [-0.3, -0.25) is 15.0 Å². The fourth-order valence-electron chi connectivity index (χ4n) is 2.14. The molecule has 0 radical (unpaired) electrons. The standard InChI is InChI=1S/C15H25N3O3/c1-3-8-16-14-11-13(6-7-15(14)18(20)21)12-17(4-2)9-5-10-19/h6-7,11,16,19H,3-5,8-10,12H2,1-2H3. The zero-order chi connectivity index (χ0) is 15.7. The second-order valence-electron chi connectivity index (χ2n) is 4.98. The smallest absolute Gasteiger partial charge is 0.292 e. The first-order chi connectivity index (χ1) is 10.1. The molecule has 0 aliphatic carbocycles. The van der Waals surface area contributed by atoms with Crippen LogP contribution in [-0.2, 0) is 6.54 Å². The molecule has 1 aromatic rings. The van der Waals surface area contributed by atoms with Crippen molar-refractivity contribution in [1.82, 2.24) is 4.90 Å². The van der Waals surface area contributed by atoms with Crippen LogP contribution >= 0.6 is 0 Å². The van der Waals surface area contributed by atoms with Gasteiger partial charge in [-0.05, 0) is 31.0 Å². The fraction of sp³-hybridized carbons (Fsp3) is 0.600. The van der Waals surface area contributed by atoms with Gasteiger partial charge in [0.05, 0.1) is 4.92 Å². The van der Waals surface area contributed by atoms with Gasteiger partial charge in [0.1, 0.15) is 5.69 Å². The molecule has 0 heterocycles. The first-order valence-electron chi connectivity index (χ1n) is 7.46. The monoisotopic (exact) mass is 295 g/mol. The second-order valence-corrected chi connectivity index (χ2v) is 4.98. The highest BCUT2D eigenvalue weighted by atomic mass is 16.6. The summed E-state index contributed by atoms with van der Waals surface area (Å²) in [5.41, 5.74) is 1.74. The Balaban J connectivity index is 2.85. The molecule has 21 heavy (non-hydrogen) atoms. The summed E-state index contributed by atoms with van der Waals surface area (Å²) in [6.07, 6.45) is 1.65. The molecule has 0 saturated carbocycles. The number of hydrogen-bond donors (Lipinski definition) is 2. The van der Waals surface area contributed by atoms with E-state index >= 15 is 0 Å². The maximum atomic E-state index is 11.0. The van der Waals surface area contributed by atoms with E-state index in [-0.39, 0.29) is 17.2 Å². The number of nitrogens with one attached hydrogen (secondary N) is 1. The third kappa shape index (κ3) is 5.69. The molecule has 0 unspecified atom stereocenters. The van der Waals surface area contributed by atoms with Gasteiger partial charge in [-0.25, -0.2) is 0 Å². The van der Waals surface area contributed by atoms with E-state index in [1.807, 2.05) is 13.0 Å². The van der Waals surface area contributed by atoms with E-state index in [9.17, 15) is 10.1 Å².